The van der Waals surface area contributed by atoms with Crippen molar-refractivity contribution in [3.05, 3.63) is 80.8 Å². The van der Waals surface area contributed by atoms with Gasteiger partial charge in [-0.1, -0.05) is 52.5 Å². The SMILES string of the molecule is O=S(=O)(Nc1ccc(Cl)c(Cl)c1)c1ccc(NC(=S)Nc2cccc(Cl)c2Cl)cc1. The Morgan fingerprint density at radius 3 is 2.10 bits per heavy atom. The zero-order chi connectivity index (χ0) is 21.9. The first kappa shape index (κ1) is 22.9. The van der Waals surface area contributed by atoms with Gasteiger partial charge in [0.05, 0.1) is 36.4 Å². The van der Waals surface area contributed by atoms with Crippen molar-refractivity contribution in [2.75, 3.05) is 15.4 Å². The first-order valence-electron chi connectivity index (χ1n) is 8.26. The maximum atomic E-state index is 12.6. The van der Waals surface area contributed by atoms with Gasteiger partial charge < -0.3 is 10.6 Å². The van der Waals surface area contributed by atoms with Crippen LogP contribution in [0.1, 0.15) is 0 Å². The van der Waals surface area contributed by atoms with Gasteiger partial charge in [-0.2, -0.15) is 0 Å². The van der Waals surface area contributed by atoms with Crippen molar-refractivity contribution in [2.24, 2.45) is 0 Å². The highest BCUT2D eigenvalue weighted by molar-refractivity contribution is 7.92. The smallest absolute Gasteiger partial charge is 0.261 e. The number of thiocarbonyl (C=S) groups is 1. The Balaban J connectivity index is 1.68. The molecule has 0 heterocycles. The molecular formula is C19H13Cl4N3O2S2. The van der Waals surface area contributed by atoms with Crippen molar-refractivity contribution in [1.29, 1.82) is 0 Å². The minimum atomic E-state index is -3.81. The fourth-order valence-corrected chi connectivity index (χ4v) is 4.30. The molecule has 3 rings (SSSR count). The molecule has 0 bridgehead atoms. The molecule has 0 aliphatic heterocycles. The molecule has 0 aliphatic rings. The summed E-state index contributed by atoms with van der Waals surface area (Å²) in [6, 6.07) is 15.6. The third-order valence-electron chi connectivity index (χ3n) is 3.79. The van der Waals surface area contributed by atoms with Gasteiger partial charge in [0, 0.05) is 5.69 Å². The van der Waals surface area contributed by atoms with E-state index in [1.165, 1.54) is 30.3 Å². The molecule has 0 fully saturated rings. The molecule has 3 aromatic carbocycles. The number of hydrogen-bond donors (Lipinski definition) is 3. The van der Waals surface area contributed by atoms with E-state index < -0.39 is 10.0 Å². The first-order chi connectivity index (χ1) is 14.2. The van der Waals surface area contributed by atoms with Gasteiger partial charge in [-0.15, -0.1) is 0 Å². The van der Waals surface area contributed by atoms with Crippen LogP contribution in [0.2, 0.25) is 20.1 Å². The molecule has 0 aliphatic carbocycles. The molecule has 0 spiro atoms. The van der Waals surface area contributed by atoms with E-state index in [0.29, 0.717) is 32.1 Å². The highest BCUT2D eigenvalue weighted by Gasteiger charge is 2.15. The molecule has 0 unspecified atom stereocenters. The number of benzene rings is 3. The fourth-order valence-electron chi connectivity index (χ4n) is 2.38. The van der Waals surface area contributed by atoms with Gasteiger partial charge in [-0.25, -0.2) is 8.42 Å². The van der Waals surface area contributed by atoms with Crippen LogP contribution < -0.4 is 15.4 Å². The van der Waals surface area contributed by atoms with E-state index in [9.17, 15) is 8.42 Å². The van der Waals surface area contributed by atoms with E-state index in [4.69, 9.17) is 58.6 Å². The molecule has 0 atom stereocenters. The third-order valence-corrected chi connectivity index (χ3v) is 6.95. The van der Waals surface area contributed by atoms with Crippen LogP contribution >= 0.6 is 58.6 Å². The summed E-state index contributed by atoms with van der Waals surface area (Å²) in [6.07, 6.45) is 0. The van der Waals surface area contributed by atoms with Crippen LogP contribution in [0.3, 0.4) is 0 Å². The topological polar surface area (TPSA) is 70.2 Å². The quantitative estimate of drug-likeness (QED) is 0.319. The van der Waals surface area contributed by atoms with Crippen LogP contribution in [0.15, 0.2) is 65.6 Å². The number of sulfonamides is 1. The van der Waals surface area contributed by atoms with Crippen molar-refractivity contribution in [3.63, 3.8) is 0 Å². The third kappa shape index (κ3) is 5.69. The zero-order valence-electron chi connectivity index (χ0n) is 14.9. The van der Waals surface area contributed by atoms with E-state index in [1.54, 1.807) is 30.3 Å². The summed E-state index contributed by atoms with van der Waals surface area (Å²) >= 11 is 29.1. The van der Waals surface area contributed by atoms with Crippen LogP contribution in [0.4, 0.5) is 17.1 Å². The van der Waals surface area contributed by atoms with Crippen molar-refractivity contribution >= 4 is 90.8 Å². The van der Waals surface area contributed by atoms with E-state index in [0.717, 1.165) is 0 Å². The van der Waals surface area contributed by atoms with E-state index in [1.807, 2.05) is 0 Å². The van der Waals surface area contributed by atoms with Gasteiger partial charge in [0.15, 0.2) is 5.11 Å². The predicted molar refractivity (Wildman–Crippen MR) is 130 cm³/mol. The Morgan fingerprint density at radius 1 is 0.767 bits per heavy atom. The van der Waals surface area contributed by atoms with E-state index >= 15 is 0 Å². The average Bonchev–Trinajstić information content (AvgIpc) is 2.68. The molecule has 0 aromatic heterocycles. The normalized spacial score (nSPS) is 11.1. The number of nitrogens with one attached hydrogen (secondary N) is 3. The largest absolute Gasteiger partial charge is 0.332 e. The Labute approximate surface area is 199 Å². The lowest BCUT2D eigenvalue weighted by molar-refractivity contribution is 0.601. The van der Waals surface area contributed by atoms with E-state index in [-0.39, 0.29) is 15.0 Å². The number of rotatable bonds is 5. The molecular weight excluding hydrogens is 508 g/mol. The van der Waals surface area contributed by atoms with Gasteiger partial charge in [0.2, 0.25) is 0 Å². The summed E-state index contributed by atoms with van der Waals surface area (Å²) in [5.41, 5.74) is 1.43. The molecule has 0 amide bonds. The summed E-state index contributed by atoms with van der Waals surface area (Å²) in [7, 11) is -3.81. The molecule has 0 saturated carbocycles. The Bertz CT molecular complexity index is 1200. The summed E-state index contributed by atoms with van der Waals surface area (Å²) in [5, 5.41) is 7.48. The van der Waals surface area contributed by atoms with Crippen LogP contribution in [-0.4, -0.2) is 13.5 Å². The highest BCUT2D eigenvalue weighted by atomic mass is 35.5. The van der Waals surface area contributed by atoms with Gasteiger partial charge in [0.25, 0.3) is 10.0 Å². The summed E-state index contributed by atoms with van der Waals surface area (Å²) < 4.78 is 27.6. The lowest BCUT2D eigenvalue weighted by Gasteiger charge is -2.13. The minimum Gasteiger partial charge on any atom is -0.332 e. The first-order valence-corrected chi connectivity index (χ1v) is 11.7. The molecule has 3 N–H and O–H groups in total. The number of halogens is 4. The average molecular weight is 521 g/mol. The number of anilines is 3. The minimum absolute atomic E-state index is 0.0656. The van der Waals surface area contributed by atoms with Crippen molar-refractivity contribution in [3.8, 4) is 0 Å². The number of hydrogen-bond acceptors (Lipinski definition) is 3. The second-order valence-corrected chi connectivity index (χ2v) is 9.63. The summed E-state index contributed by atoms with van der Waals surface area (Å²) in [5.74, 6) is 0. The van der Waals surface area contributed by atoms with Crippen molar-refractivity contribution in [2.45, 2.75) is 4.90 Å². The molecule has 5 nitrogen and oxygen atoms in total. The Morgan fingerprint density at radius 2 is 1.43 bits per heavy atom. The molecule has 11 heteroatoms. The lowest BCUT2D eigenvalue weighted by Crippen LogP contribution is -2.19. The van der Waals surface area contributed by atoms with Gasteiger partial charge in [-0.3, -0.25) is 4.72 Å². The second kappa shape index (κ2) is 9.60. The van der Waals surface area contributed by atoms with Gasteiger partial charge >= 0.3 is 0 Å². The van der Waals surface area contributed by atoms with E-state index in [2.05, 4.69) is 15.4 Å². The Hall–Kier alpha value is -1.74. The molecule has 0 saturated heterocycles. The maximum Gasteiger partial charge on any atom is 0.261 e. The summed E-state index contributed by atoms with van der Waals surface area (Å²) in [6.45, 7) is 0. The molecule has 0 radical (unpaired) electrons. The predicted octanol–water partition coefficient (Wildman–Crippen LogP) is 6.91. The van der Waals surface area contributed by atoms with Crippen LogP contribution in [0.5, 0.6) is 0 Å². The van der Waals surface area contributed by atoms with Crippen molar-refractivity contribution in [1.82, 2.24) is 0 Å². The second-order valence-electron chi connectivity index (χ2n) is 5.94. The Kier molecular flexibility index (Phi) is 7.34. The highest BCUT2D eigenvalue weighted by Crippen LogP contribution is 2.30. The van der Waals surface area contributed by atoms with Crippen LogP contribution in [-0.2, 0) is 10.0 Å². The zero-order valence-corrected chi connectivity index (χ0v) is 19.6. The van der Waals surface area contributed by atoms with Crippen LogP contribution in [0, 0.1) is 0 Å². The molecule has 30 heavy (non-hydrogen) atoms. The standard InChI is InChI=1S/C19H13Cl4N3O2S2/c20-14-9-6-12(10-16(14)22)26-30(27,28)13-7-4-11(5-8-13)24-19(29)25-17-3-1-2-15(21)18(17)23/h1-10,26H,(H2,24,25,29). The molecule has 156 valence electrons. The monoisotopic (exact) mass is 519 g/mol. The van der Waals surface area contributed by atoms with Gasteiger partial charge in [0.1, 0.15) is 0 Å². The van der Waals surface area contributed by atoms with Crippen LogP contribution in [0.25, 0.3) is 0 Å². The van der Waals surface area contributed by atoms with Gasteiger partial charge in [-0.05, 0) is 66.8 Å². The maximum absolute atomic E-state index is 12.6. The fraction of sp³-hybridized carbons (Fsp3) is 0. The lowest BCUT2D eigenvalue weighted by atomic mass is 10.3. The summed E-state index contributed by atoms with van der Waals surface area (Å²) in [4.78, 5) is 0.0656. The van der Waals surface area contributed by atoms with Crippen molar-refractivity contribution < 1.29 is 8.42 Å². The molecule has 3 aromatic rings.